The van der Waals surface area contributed by atoms with E-state index in [1.807, 2.05) is 6.92 Å². The van der Waals surface area contributed by atoms with Crippen LogP contribution in [0.1, 0.15) is 29.3 Å². The maximum Gasteiger partial charge on any atom is 0.251 e. The summed E-state index contributed by atoms with van der Waals surface area (Å²) in [6.45, 7) is 3.89. The number of hydrogen-bond donors (Lipinski definition) is 1. The average Bonchev–Trinajstić information content (AvgIpc) is 2.25. The van der Waals surface area contributed by atoms with Gasteiger partial charge in [-0.1, -0.05) is 6.92 Å². The van der Waals surface area contributed by atoms with Crippen LogP contribution in [0.2, 0.25) is 0 Å². The van der Waals surface area contributed by atoms with E-state index in [4.69, 9.17) is 0 Å². The molecule has 1 aromatic carbocycles. The van der Waals surface area contributed by atoms with E-state index in [-0.39, 0.29) is 11.7 Å². The fraction of sp³-hybridized carbons (Fsp3) is 0.462. The third-order valence-electron chi connectivity index (χ3n) is 3.21. The van der Waals surface area contributed by atoms with E-state index in [1.165, 1.54) is 12.1 Å². The smallest absolute Gasteiger partial charge is 0.251 e. The van der Waals surface area contributed by atoms with Gasteiger partial charge < -0.3 is 10.2 Å². The number of rotatable bonds is 3. The first-order valence-corrected chi connectivity index (χ1v) is 5.96. The van der Waals surface area contributed by atoms with E-state index in [1.54, 1.807) is 7.05 Å². The Bertz CT molecular complexity index is 441. The lowest BCUT2D eigenvalue weighted by molar-refractivity contribution is 0.0961. The largest absolute Gasteiger partial charge is 0.371 e. The summed E-state index contributed by atoms with van der Waals surface area (Å²) in [5, 5.41) is 2.56. The van der Waals surface area contributed by atoms with Crippen LogP contribution in [0.25, 0.3) is 0 Å². The summed E-state index contributed by atoms with van der Waals surface area (Å²) >= 11 is 0. The molecule has 1 aliphatic heterocycles. The second kappa shape index (κ2) is 4.73. The first-order chi connectivity index (χ1) is 8.17. The quantitative estimate of drug-likeness (QED) is 0.870. The van der Waals surface area contributed by atoms with Crippen LogP contribution >= 0.6 is 0 Å². The van der Waals surface area contributed by atoms with E-state index < -0.39 is 0 Å². The van der Waals surface area contributed by atoms with Crippen molar-refractivity contribution in [3.8, 4) is 0 Å². The Morgan fingerprint density at radius 2 is 2.18 bits per heavy atom. The predicted octanol–water partition coefficient (Wildman–Crippen LogP) is 1.96. The molecule has 1 aliphatic rings. The van der Waals surface area contributed by atoms with Crippen LogP contribution in [-0.4, -0.2) is 26.0 Å². The lowest BCUT2D eigenvalue weighted by Crippen LogP contribution is -2.38. The highest BCUT2D eigenvalue weighted by molar-refractivity contribution is 5.97. The summed E-state index contributed by atoms with van der Waals surface area (Å²) in [6, 6.07) is 2.85. The van der Waals surface area contributed by atoms with Crippen molar-refractivity contribution in [3.05, 3.63) is 29.1 Å². The van der Waals surface area contributed by atoms with Gasteiger partial charge in [-0.3, -0.25) is 4.79 Å². The number of carbonyl (C=O) groups is 1. The lowest BCUT2D eigenvalue weighted by atomic mass is 9.99. The number of nitrogens with zero attached hydrogens (tertiary/aromatic N) is 1. The number of hydrogen-bond acceptors (Lipinski definition) is 2. The molecule has 0 aromatic heterocycles. The molecule has 1 aromatic rings. The van der Waals surface area contributed by atoms with Crippen molar-refractivity contribution in [1.82, 2.24) is 5.32 Å². The first-order valence-electron chi connectivity index (χ1n) is 5.96. The molecule has 2 rings (SSSR count). The van der Waals surface area contributed by atoms with E-state index in [2.05, 4.69) is 10.2 Å². The van der Waals surface area contributed by atoms with Crippen LogP contribution in [-0.2, 0) is 6.42 Å². The van der Waals surface area contributed by atoms with Crippen LogP contribution < -0.4 is 10.2 Å². The summed E-state index contributed by atoms with van der Waals surface area (Å²) in [5.74, 6) is -0.564. The topological polar surface area (TPSA) is 32.3 Å². The van der Waals surface area contributed by atoms with Gasteiger partial charge in [-0.05, 0) is 30.5 Å². The summed E-state index contributed by atoms with van der Waals surface area (Å²) in [4.78, 5) is 13.8. The molecule has 17 heavy (non-hydrogen) atoms. The van der Waals surface area contributed by atoms with Gasteiger partial charge >= 0.3 is 0 Å². The standard InChI is InChI=1S/C13H17FN2O/c1-3-10-11(13(17)15-2)7-9(14)8-12(10)16-5-4-6-16/h7-8H,3-6H2,1-2H3,(H,15,17). The van der Waals surface area contributed by atoms with Gasteiger partial charge in [0.05, 0.1) is 0 Å². The SMILES string of the molecule is CCc1c(C(=O)NC)cc(F)cc1N1CCC1. The maximum atomic E-state index is 13.6. The van der Waals surface area contributed by atoms with Crippen molar-refractivity contribution in [1.29, 1.82) is 0 Å². The third kappa shape index (κ3) is 2.12. The molecule has 0 unspecified atom stereocenters. The van der Waals surface area contributed by atoms with Crippen molar-refractivity contribution < 1.29 is 9.18 Å². The molecule has 0 aliphatic carbocycles. The Kier molecular flexibility index (Phi) is 3.31. The first kappa shape index (κ1) is 11.9. The van der Waals surface area contributed by atoms with E-state index >= 15 is 0 Å². The molecule has 3 nitrogen and oxygen atoms in total. The minimum absolute atomic E-state index is 0.219. The number of carbonyl (C=O) groups excluding carboxylic acids is 1. The molecule has 0 radical (unpaired) electrons. The zero-order valence-electron chi connectivity index (χ0n) is 10.2. The van der Waals surface area contributed by atoms with E-state index in [0.29, 0.717) is 5.56 Å². The van der Waals surface area contributed by atoms with Crippen LogP contribution in [0.5, 0.6) is 0 Å². The van der Waals surface area contributed by atoms with Crippen molar-refractivity contribution in [2.24, 2.45) is 0 Å². The Hall–Kier alpha value is -1.58. The van der Waals surface area contributed by atoms with Gasteiger partial charge in [-0.15, -0.1) is 0 Å². The van der Waals surface area contributed by atoms with Crippen molar-refractivity contribution >= 4 is 11.6 Å². The molecule has 4 heteroatoms. The minimum atomic E-state index is -0.345. The lowest BCUT2D eigenvalue weighted by Gasteiger charge is -2.35. The highest BCUT2D eigenvalue weighted by Crippen LogP contribution is 2.29. The molecule has 0 atom stereocenters. The van der Waals surface area contributed by atoms with Crippen LogP contribution in [0.15, 0.2) is 12.1 Å². The van der Waals surface area contributed by atoms with E-state index in [9.17, 15) is 9.18 Å². The Morgan fingerprint density at radius 3 is 2.65 bits per heavy atom. The summed E-state index contributed by atoms with van der Waals surface area (Å²) in [5.41, 5.74) is 2.26. The molecule has 0 bridgehead atoms. The van der Waals surface area contributed by atoms with E-state index in [0.717, 1.165) is 37.2 Å². The van der Waals surface area contributed by atoms with Crippen LogP contribution in [0.4, 0.5) is 10.1 Å². The molecule has 1 saturated heterocycles. The van der Waals surface area contributed by atoms with Crippen LogP contribution in [0.3, 0.4) is 0 Å². The van der Waals surface area contributed by atoms with Gasteiger partial charge in [0, 0.05) is 31.4 Å². The molecule has 1 amide bonds. The molecular weight excluding hydrogens is 219 g/mol. The van der Waals surface area contributed by atoms with Crippen LogP contribution in [0, 0.1) is 5.82 Å². The zero-order chi connectivity index (χ0) is 12.4. The van der Waals surface area contributed by atoms with Crippen molar-refractivity contribution in [2.45, 2.75) is 19.8 Å². The maximum absolute atomic E-state index is 13.6. The summed E-state index contributed by atoms with van der Waals surface area (Å²) in [6.07, 6.45) is 1.86. The molecular formula is C13H17FN2O. The number of halogens is 1. The fourth-order valence-corrected chi connectivity index (χ4v) is 2.17. The second-order valence-corrected chi connectivity index (χ2v) is 4.22. The van der Waals surface area contributed by atoms with Gasteiger partial charge in [0.25, 0.3) is 5.91 Å². The van der Waals surface area contributed by atoms with Crippen molar-refractivity contribution in [3.63, 3.8) is 0 Å². The van der Waals surface area contributed by atoms with Crippen molar-refractivity contribution in [2.75, 3.05) is 25.0 Å². The molecule has 1 fully saturated rings. The number of anilines is 1. The molecule has 92 valence electrons. The van der Waals surface area contributed by atoms with Gasteiger partial charge in [-0.2, -0.15) is 0 Å². The zero-order valence-corrected chi connectivity index (χ0v) is 10.2. The highest BCUT2D eigenvalue weighted by Gasteiger charge is 2.22. The Labute approximate surface area is 101 Å². The number of amides is 1. The van der Waals surface area contributed by atoms with Gasteiger partial charge in [0.1, 0.15) is 5.82 Å². The van der Waals surface area contributed by atoms with Gasteiger partial charge in [-0.25, -0.2) is 4.39 Å². The summed E-state index contributed by atoms with van der Waals surface area (Å²) < 4.78 is 13.6. The summed E-state index contributed by atoms with van der Waals surface area (Å²) in [7, 11) is 1.57. The average molecular weight is 236 g/mol. The number of nitrogens with one attached hydrogen (secondary N) is 1. The molecule has 0 saturated carbocycles. The van der Waals surface area contributed by atoms with Gasteiger partial charge in [0.2, 0.25) is 0 Å². The normalized spacial score (nSPS) is 14.4. The Balaban J connectivity index is 2.50. The number of benzene rings is 1. The second-order valence-electron chi connectivity index (χ2n) is 4.22. The monoisotopic (exact) mass is 236 g/mol. The van der Waals surface area contributed by atoms with Gasteiger partial charge in [0.15, 0.2) is 0 Å². The molecule has 0 spiro atoms. The molecule has 1 heterocycles. The third-order valence-corrected chi connectivity index (χ3v) is 3.21. The fourth-order valence-electron chi connectivity index (χ4n) is 2.17. The molecule has 1 N–H and O–H groups in total. The predicted molar refractivity (Wildman–Crippen MR) is 66.0 cm³/mol. The highest BCUT2D eigenvalue weighted by atomic mass is 19.1. The minimum Gasteiger partial charge on any atom is -0.371 e. The Morgan fingerprint density at radius 1 is 1.47 bits per heavy atom.